The molecule has 150 valence electrons. The summed E-state index contributed by atoms with van der Waals surface area (Å²) in [6.45, 7) is 3.18. The molecule has 29 heavy (non-hydrogen) atoms. The number of pyridine rings is 1. The first-order valence-electron chi connectivity index (χ1n) is 9.83. The van der Waals surface area contributed by atoms with Gasteiger partial charge in [-0.25, -0.2) is 9.02 Å². The normalized spacial score (nSPS) is 16.8. The highest BCUT2D eigenvalue weighted by Crippen LogP contribution is 2.26. The Kier molecular flexibility index (Phi) is 5.64. The van der Waals surface area contributed by atoms with Gasteiger partial charge in [0.2, 0.25) is 5.91 Å². The van der Waals surface area contributed by atoms with Gasteiger partial charge in [-0.3, -0.25) is 9.78 Å². The highest BCUT2D eigenvalue weighted by Gasteiger charge is 2.26. The summed E-state index contributed by atoms with van der Waals surface area (Å²) in [5.74, 6) is 0.0271. The lowest BCUT2D eigenvalue weighted by molar-refractivity contribution is -0.131. The molecule has 0 N–H and O–H groups in total. The quantitative estimate of drug-likeness (QED) is 0.663. The molecule has 0 aliphatic carbocycles. The monoisotopic (exact) mass is 394 g/mol. The smallest absolute Gasteiger partial charge is 0.228 e. The van der Waals surface area contributed by atoms with Crippen molar-refractivity contribution in [3.8, 4) is 0 Å². The summed E-state index contributed by atoms with van der Waals surface area (Å²) in [5, 5.41) is 7.54. The molecule has 1 aliphatic rings. The van der Waals surface area contributed by atoms with E-state index in [0.717, 1.165) is 36.2 Å². The summed E-state index contributed by atoms with van der Waals surface area (Å²) in [7, 11) is 0. The Hall–Kier alpha value is -3.09. The average molecular weight is 394 g/mol. The number of carbonyl (C=O) groups excluding carboxylic acids is 1. The largest absolute Gasteiger partial charge is 0.342 e. The first kappa shape index (κ1) is 19.2. The number of piperidine rings is 1. The number of amides is 1. The van der Waals surface area contributed by atoms with E-state index in [-0.39, 0.29) is 24.1 Å². The zero-order valence-electron chi connectivity index (χ0n) is 16.3. The fraction of sp³-hybridized carbons (Fsp3) is 0.364. The molecule has 0 radical (unpaired) electrons. The highest BCUT2D eigenvalue weighted by molar-refractivity contribution is 5.78. The maximum Gasteiger partial charge on any atom is 0.228 e. The third-order valence-electron chi connectivity index (χ3n) is 5.40. The number of aryl methyl sites for hydroxylation is 1. The van der Waals surface area contributed by atoms with E-state index >= 15 is 0 Å². The van der Waals surface area contributed by atoms with Gasteiger partial charge in [0.05, 0.1) is 6.42 Å². The van der Waals surface area contributed by atoms with Crippen LogP contribution in [0.15, 0.2) is 47.2 Å². The minimum Gasteiger partial charge on any atom is -0.342 e. The molecule has 3 aromatic rings. The van der Waals surface area contributed by atoms with Crippen LogP contribution in [0, 0.1) is 12.7 Å². The Morgan fingerprint density at radius 2 is 2.14 bits per heavy atom. The molecule has 0 spiro atoms. The Morgan fingerprint density at radius 3 is 2.86 bits per heavy atom. The van der Waals surface area contributed by atoms with Gasteiger partial charge >= 0.3 is 0 Å². The fourth-order valence-corrected chi connectivity index (χ4v) is 3.77. The molecule has 0 unspecified atom stereocenters. The Labute approximate surface area is 168 Å². The summed E-state index contributed by atoms with van der Waals surface area (Å²) in [5.41, 5.74) is 4.20. The first-order chi connectivity index (χ1) is 14.1. The van der Waals surface area contributed by atoms with Gasteiger partial charge in [0.1, 0.15) is 17.2 Å². The number of likely N-dealkylation sites (tertiary alicyclic amines) is 1. The number of halogens is 1. The SMILES string of the molecule is Cc1nonc1CC(=O)N1CCC[C@@H](c2ccc(Cc3cccc(F)c3)cn2)C1. The van der Waals surface area contributed by atoms with Crippen molar-refractivity contribution in [3.63, 3.8) is 0 Å². The molecule has 1 amide bonds. The molecular formula is C22H23FN4O2. The van der Waals surface area contributed by atoms with Crippen LogP contribution in [0.25, 0.3) is 0 Å². The van der Waals surface area contributed by atoms with E-state index < -0.39 is 0 Å². The third kappa shape index (κ3) is 4.67. The Balaban J connectivity index is 1.39. The molecule has 1 atom stereocenters. The van der Waals surface area contributed by atoms with Crippen LogP contribution < -0.4 is 0 Å². The maximum atomic E-state index is 13.4. The molecule has 3 heterocycles. The maximum absolute atomic E-state index is 13.4. The molecule has 1 aromatic carbocycles. The van der Waals surface area contributed by atoms with Crippen LogP contribution in [0.5, 0.6) is 0 Å². The fourth-order valence-electron chi connectivity index (χ4n) is 3.77. The van der Waals surface area contributed by atoms with E-state index in [1.165, 1.54) is 6.07 Å². The van der Waals surface area contributed by atoms with E-state index in [9.17, 15) is 9.18 Å². The Bertz CT molecular complexity index is 986. The van der Waals surface area contributed by atoms with Crippen molar-refractivity contribution >= 4 is 5.91 Å². The lowest BCUT2D eigenvalue weighted by Crippen LogP contribution is -2.40. The van der Waals surface area contributed by atoms with Crippen LogP contribution >= 0.6 is 0 Å². The van der Waals surface area contributed by atoms with Gasteiger partial charge < -0.3 is 4.90 Å². The number of carbonyl (C=O) groups is 1. The predicted octanol–water partition coefficient (Wildman–Crippen LogP) is 3.45. The van der Waals surface area contributed by atoms with Crippen molar-refractivity contribution in [2.45, 2.75) is 38.5 Å². The number of aromatic nitrogens is 3. The van der Waals surface area contributed by atoms with E-state index in [4.69, 9.17) is 0 Å². The zero-order chi connectivity index (χ0) is 20.2. The number of rotatable bonds is 5. The standard InChI is InChI=1S/C22H23FN4O2/c1-15-21(26-29-25-15)12-22(28)27-9-3-5-18(14-27)20-8-7-17(13-24-20)10-16-4-2-6-19(23)11-16/h2,4,6-8,11,13,18H,3,5,9-10,12,14H2,1H3/t18-/m1/s1. The lowest BCUT2D eigenvalue weighted by Gasteiger charge is -2.32. The molecule has 6 nitrogen and oxygen atoms in total. The van der Waals surface area contributed by atoms with Gasteiger partial charge in [0.25, 0.3) is 0 Å². The van der Waals surface area contributed by atoms with E-state index in [0.29, 0.717) is 24.4 Å². The third-order valence-corrected chi connectivity index (χ3v) is 5.40. The summed E-state index contributed by atoms with van der Waals surface area (Å²) in [4.78, 5) is 19.2. The topological polar surface area (TPSA) is 72.1 Å². The van der Waals surface area contributed by atoms with Crippen LogP contribution in [0.4, 0.5) is 4.39 Å². The van der Waals surface area contributed by atoms with Crippen molar-refractivity contribution < 1.29 is 13.8 Å². The van der Waals surface area contributed by atoms with Gasteiger partial charge in [-0.1, -0.05) is 28.5 Å². The summed E-state index contributed by atoms with van der Waals surface area (Å²) < 4.78 is 18.0. The Morgan fingerprint density at radius 1 is 1.24 bits per heavy atom. The molecule has 1 saturated heterocycles. The minimum absolute atomic E-state index is 0.0382. The first-order valence-corrected chi connectivity index (χ1v) is 9.83. The van der Waals surface area contributed by atoms with E-state index in [1.807, 2.05) is 29.3 Å². The van der Waals surface area contributed by atoms with Gasteiger partial charge in [0, 0.05) is 30.9 Å². The summed E-state index contributed by atoms with van der Waals surface area (Å²) >= 11 is 0. The number of hydrogen-bond acceptors (Lipinski definition) is 5. The van der Waals surface area contributed by atoms with Crippen LogP contribution in [0.1, 0.15) is 47.0 Å². The summed E-state index contributed by atoms with van der Waals surface area (Å²) in [6.07, 6.45) is 4.66. The zero-order valence-corrected chi connectivity index (χ0v) is 16.3. The van der Waals surface area contributed by atoms with Crippen LogP contribution in [-0.2, 0) is 17.6 Å². The minimum atomic E-state index is -0.226. The van der Waals surface area contributed by atoms with Crippen molar-refractivity contribution in [2.75, 3.05) is 13.1 Å². The lowest BCUT2D eigenvalue weighted by atomic mass is 9.93. The van der Waals surface area contributed by atoms with Crippen LogP contribution in [0.2, 0.25) is 0 Å². The van der Waals surface area contributed by atoms with Crippen molar-refractivity contribution in [1.29, 1.82) is 0 Å². The van der Waals surface area contributed by atoms with Crippen molar-refractivity contribution in [2.24, 2.45) is 0 Å². The molecule has 1 fully saturated rings. The molecule has 2 aromatic heterocycles. The average Bonchev–Trinajstić information content (AvgIpc) is 3.13. The second-order valence-corrected chi connectivity index (χ2v) is 7.55. The molecule has 7 heteroatoms. The second-order valence-electron chi connectivity index (χ2n) is 7.55. The van der Waals surface area contributed by atoms with Gasteiger partial charge in [0.15, 0.2) is 0 Å². The summed E-state index contributed by atoms with van der Waals surface area (Å²) in [6, 6.07) is 10.7. The van der Waals surface area contributed by atoms with E-state index in [2.05, 4.69) is 19.9 Å². The van der Waals surface area contributed by atoms with Crippen molar-refractivity contribution in [3.05, 3.63) is 76.6 Å². The van der Waals surface area contributed by atoms with Crippen LogP contribution in [0.3, 0.4) is 0 Å². The van der Waals surface area contributed by atoms with Crippen molar-refractivity contribution in [1.82, 2.24) is 20.2 Å². The molecule has 4 rings (SSSR count). The molecule has 1 aliphatic heterocycles. The molecule has 0 saturated carbocycles. The van der Waals surface area contributed by atoms with Gasteiger partial charge in [-0.2, -0.15) is 0 Å². The molecular weight excluding hydrogens is 371 g/mol. The predicted molar refractivity (Wildman–Crippen MR) is 105 cm³/mol. The van der Waals surface area contributed by atoms with Gasteiger partial charge in [-0.05, 0) is 55.5 Å². The number of benzene rings is 1. The van der Waals surface area contributed by atoms with Gasteiger partial charge in [-0.15, -0.1) is 0 Å². The number of nitrogens with zero attached hydrogens (tertiary/aromatic N) is 4. The van der Waals surface area contributed by atoms with E-state index in [1.54, 1.807) is 19.1 Å². The van der Waals surface area contributed by atoms with Crippen LogP contribution in [-0.4, -0.2) is 39.2 Å². The number of hydrogen-bond donors (Lipinski definition) is 0. The second kappa shape index (κ2) is 8.51. The highest BCUT2D eigenvalue weighted by atomic mass is 19.1. The molecule has 0 bridgehead atoms.